The summed E-state index contributed by atoms with van der Waals surface area (Å²) in [5.74, 6) is 0. The molecule has 0 aliphatic carbocycles. The van der Waals surface area contributed by atoms with Gasteiger partial charge < -0.3 is 19.5 Å². The summed E-state index contributed by atoms with van der Waals surface area (Å²) in [6.07, 6.45) is 1.80. The highest BCUT2D eigenvalue weighted by atomic mass is 17.0. The van der Waals surface area contributed by atoms with E-state index in [1.165, 1.54) is 0 Å². The second kappa shape index (κ2) is 11.9. The lowest BCUT2D eigenvalue weighted by Crippen LogP contribution is -2.30. The predicted octanol–water partition coefficient (Wildman–Crippen LogP) is 0.597. The lowest BCUT2D eigenvalue weighted by Gasteiger charge is -2.11. The van der Waals surface area contributed by atoms with Crippen LogP contribution in [0.1, 0.15) is 11.3 Å². The van der Waals surface area contributed by atoms with Gasteiger partial charge in [-0.15, -0.1) is 30.3 Å². The SMILES string of the molecule is Cc1[nH]c(=O)c(C#N)cc1-c1ccncc1.O=[N+]([O-])OCC(CO[N+](=O)[O-])O[N+](=O)[O-]. The smallest absolute Gasteiger partial charge is 0.294 e. The van der Waals surface area contributed by atoms with Gasteiger partial charge >= 0.3 is 0 Å². The van der Waals surface area contributed by atoms with Crippen molar-refractivity contribution in [3.05, 3.63) is 82.5 Å². The molecule has 164 valence electrons. The average molecular weight is 438 g/mol. The zero-order valence-electron chi connectivity index (χ0n) is 15.7. The molecule has 0 atom stereocenters. The lowest BCUT2D eigenvalue weighted by molar-refractivity contribution is -0.803. The van der Waals surface area contributed by atoms with E-state index in [0.717, 1.165) is 16.8 Å². The molecule has 2 aromatic rings. The predicted molar refractivity (Wildman–Crippen MR) is 97.5 cm³/mol. The summed E-state index contributed by atoms with van der Waals surface area (Å²) in [6, 6.07) is 7.14. The third-order valence-electron chi connectivity index (χ3n) is 3.32. The summed E-state index contributed by atoms with van der Waals surface area (Å²) in [4.78, 5) is 58.5. The molecule has 0 aliphatic rings. The van der Waals surface area contributed by atoms with Crippen LogP contribution in [0.5, 0.6) is 0 Å². The molecule has 16 heteroatoms. The second-order valence-corrected chi connectivity index (χ2v) is 5.39. The van der Waals surface area contributed by atoms with E-state index < -0.39 is 34.6 Å². The fraction of sp³-hybridized carbons (Fsp3) is 0.267. The van der Waals surface area contributed by atoms with Gasteiger partial charge in [-0.25, -0.2) is 0 Å². The van der Waals surface area contributed by atoms with Crippen LogP contribution in [0.3, 0.4) is 0 Å². The van der Waals surface area contributed by atoms with E-state index in [0.29, 0.717) is 0 Å². The van der Waals surface area contributed by atoms with Crippen LogP contribution in [0.4, 0.5) is 0 Å². The summed E-state index contributed by atoms with van der Waals surface area (Å²) in [5, 5.41) is 34.3. The third-order valence-corrected chi connectivity index (χ3v) is 3.32. The van der Waals surface area contributed by atoms with Crippen molar-refractivity contribution in [3.8, 4) is 17.2 Å². The highest BCUT2D eigenvalue weighted by molar-refractivity contribution is 5.66. The Hall–Kier alpha value is -4.81. The fourth-order valence-corrected chi connectivity index (χ4v) is 2.06. The molecule has 0 amide bonds. The van der Waals surface area contributed by atoms with E-state index in [-0.39, 0.29) is 11.1 Å². The molecule has 2 rings (SSSR count). The Labute approximate surface area is 171 Å². The van der Waals surface area contributed by atoms with Crippen LogP contribution in [0.25, 0.3) is 11.1 Å². The maximum absolute atomic E-state index is 11.4. The summed E-state index contributed by atoms with van der Waals surface area (Å²) >= 11 is 0. The number of nitrogens with zero attached hydrogens (tertiary/aromatic N) is 5. The molecule has 0 fully saturated rings. The number of rotatable bonds is 9. The van der Waals surface area contributed by atoms with Crippen molar-refractivity contribution in [2.24, 2.45) is 0 Å². The molecule has 0 radical (unpaired) electrons. The first-order valence-corrected chi connectivity index (χ1v) is 8.04. The van der Waals surface area contributed by atoms with Gasteiger partial charge in [0.15, 0.2) is 6.10 Å². The standard InChI is InChI=1S/C12H9N3O.C3H5N3O9/c1-8-11(9-2-4-14-5-3-9)6-10(7-13)12(16)15-8;7-4(8)13-1-3(15-6(11)12)2-14-5(9)10/h2-6H,1H3,(H,15,16);3H,1-2H2. The molecule has 31 heavy (non-hydrogen) atoms. The Kier molecular flexibility index (Phi) is 9.30. The molecule has 0 spiro atoms. The quantitative estimate of drug-likeness (QED) is 0.419. The maximum Gasteiger partial charge on any atom is 0.294 e. The number of aromatic nitrogens is 2. The van der Waals surface area contributed by atoms with Crippen molar-refractivity contribution in [2.75, 3.05) is 13.2 Å². The zero-order valence-corrected chi connectivity index (χ0v) is 15.7. The number of aryl methyl sites for hydroxylation is 1. The Morgan fingerprint density at radius 1 is 1.10 bits per heavy atom. The van der Waals surface area contributed by atoms with Gasteiger partial charge in [0.2, 0.25) is 0 Å². The monoisotopic (exact) mass is 438 g/mol. The number of hydrogen-bond acceptors (Lipinski definition) is 12. The number of hydrogen-bond donors (Lipinski definition) is 1. The van der Waals surface area contributed by atoms with Crippen LogP contribution in [0.2, 0.25) is 0 Å². The summed E-state index contributed by atoms with van der Waals surface area (Å²) in [6.45, 7) is 0.113. The van der Waals surface area contributed by atoms with Crippen molar-refractivity contribution in [3.63, 3.8) is 0 Å². The van der Waals surface area contributed by atoms with Crippen molar-refractivity contribution in [2.45, 2.75) is 13.0 Å². The van der Waals surface area contributed by atoms with Crippen molar-refractivity contribution in [1.82, 2.24) is 9.97 Å². The highest BCUT2D eigenvalue weighted by Gasteiger charge is 2.17. The van der Waals surface area contributed by atoms with Crippen molar-refractivity contribution in [1.29, 1.82) is 5.26 Å². The summed E-state index contributed by atoms with van der Waals surface area (Å²) in [5.41, 5.74) is 2.30. The molecule has 1 N–H and O–H groups in total. The van der Waals surface area contributed by atoms with Crippen molar-refractivity contribution < 1.29 is 29.8 Å². The molecule has 0 unspecified atom stereocenters. The minimum absolute atomic E-state index is 0.123. The van der Waals surface area contributed by atoms with Crippen LogP contribution >= 0.6 is 0 Å². The van der Waals surface area contributed by atoms with Crippen molar-refractivity contribution >= 4 is 0 Å². The Morgan fingerprint density at radius 2 is 1.65 bits per heavy atom. The van der Waals surface area contributed by atoms with Gasteiger partial charge in [-0.2, -0.15) is 5.26 Å². The zero-order chi connectivity index (χ0) is 23.4. The molecule has 16 nitrogen and oxygen atoms in total. The highest BCUT2D eigenvalue weighted by Crippen LogP contribution is 2.20. The summed E-state index contributed by atoms with van der Waals surface area (Å²) < 4.78 is 0. The first-order valence-electron chi connectivity index (χ1n) is 8.04. The van der Waals surface area contributed by atoms with Crippen LogP contribution in [-0.2, 0) is 14.5 Å². The number of H-pyrrole nitrogens is 1. The minimum Gasteiger partial charge on any atom is -0.325 e. The molecule has 2 aromatic heterocycles. The number of aromatic amines is 1. The second-order valence-electron chi connectivity index (χ2n) is 5.39. The number of pyridine rings is 2. The molecule has 0 saturated carbocycles. The Bertz CT molecular complexity index is 1000. The Balaban J connectivity index is 0.000000311. The Morgan fingerprint density at radius 3 is 2.10 bits per heavy atom. The largest absolute Gasteiger partial charge is 0.325 e. The molecule has 0 saturated heterocycles. The average Bonchev–Trinajstić information content (AvgIpc) is 2.71. The summed E-state index contributed by atoms with van der Waals surface area (Å²) in [7, 11) is 0. The van der Waals surface area contributed by atoms with E-state index in [2.05, 4.69) is 24.5 Å². The van der Waals surface area contributed by atoms with Gasteiger partial charge in [0.05, 0.1) is 0 Å². The van der Waals surface area contributed by atoms with Gasteiger partial charge in [-0.3, -0.25) is 9.78 Å². The molecular weight excluding hydrogens is 424 g/mol. The van der Waals surface area contributed by atoms with Gasteiger partial charge in [0, 0.05) is 23.7 Å². The van der Waals surface area contributed by atoms with E-state index in [9.17, 15) is 35.1 Å². The molecule has 0 bridgehead atoms. The first-order chi connectivity index (χ1) is 14.6. The van der Waals surface area contributed by atoms with Crippen LogP contribution < -0.4 is 5.56 Å². The van der Waals surface area contributed by atoms with Gasteiger partial charge in [0.1, 0.15) is 24.8 Å². The van der Waals surface area contributed by atoms with Crippen LogP contribution in [0, 0.1) is 48.6 Å². The molecule has 0 aliphatic heterocycles. The van der Waals surface area contributed by atoms with Gasteiger partial charge in [-0.1, -0.05) is 0 Å². The first kappa shape index (κ1) is 24.2. The van der Waals surface area contributed by atoms with Gasteiger partial charge in [-0.05, 0) is 30.7 Å². The normalized spacial score (nSPS) is 9.58. The molecule has 0 aromatic carbocycles. The number of nitriles is 1. The van der Waals surface area contributed by atoms with E-state index in [1.807, 2.05) is 18.2 Å². The van der Waals surface area contributed by atoms with E-state index in [4.69, 9.17) is 5.26 Å². The lowest BCUT2D eigenvalue weighted by atomic mass is 10.0. The minimum atomic E-state index is -1.55. The maximum atomic E-state index is 11.4. The topological polar surface area (TPSA) is 227 Å². The molecular formula is C15H14N6O10. The third kappa shape index (κ3) is 8.82. The molecule has 2 heterocycles. The van der Waals surface area contributed by atoms with Crippen LogP contribution in [-0.4, -0.2) is 44.5 Å². The van der Waals surface area contributed by atoms with Gasteiger partial charge in [0.25, 0.3) is 20.8 Å². The van der Waals surface area contributed by atoms with E-state index in [1.54, 1.807) is 25.4 Å². The number of nitrogens with one attached hydrogen (secondary N) is 1. The fourth-order valence-electron chi connectivity index (χ4n) is 2.06. The van der Waals surface area contributed by atoms with Crippen LogP contribution in [0.15, 0.2) is 35.4 Å². The van der Waals surface area contributed by atoms with E-state index >= 15 is 0 Å².